The van der Waals surface area contributed by atoms with Gasteiger partial charge in [0.25, 0.3) is 0 Å². The maximum Gasteiger partial charge on any atom is 0.336 e. The van der Waals surface area contributed by atoms with Crippen LogP contribution >= 0.6 is 22.6 Å². The highest BCUT2D eigenvalue weighted by Gasteiger charge is 2.25. The highest BCUT2D eigenvalue weighted by atomic mass is 127. The van der Waals surface area contributed by atoms with Gasteiger partial charge in [-0.15, -0.1) is 0 Å². The van der Waals surface area contributed by atoms with Crippen molar-refractivity contribution >= 4 is 42.8 Å². The van der Waals surface area contributed by atoms with Crippen LogP contribution in [0, 0.1) is 3.57 Å². The molecule has 140 valence electrons. The summed E-state index contributed by atoms with van der Waals surface area (Å²) in [5, 5.41) is 9.10. The number of aromatic carboxylic acids is 1. The molecule has 1 unspecified atom stereocenters. The number of rotatable bonds is 11. The second-order valence-corrected chi connectivity index (χ2v) is 11.8. The first-order valence-corrected chi connectivity index (χ1v) is 12.6. The van der Waals surface area contributed by atoms with Crippen LogP contribution in [0.1, 0.15) is 49.9 Å². The number of carboxylic acids is 1. The van der Waals surface area contributed by atoms with Crippen LogP contribution in [-0.4, -0.2) is 32.0 Å². The molecule has 0 bridgehead atoms. The molecule has 1 aromatic rings. The number of ether oxygens (including phenoxy) is 1. The molecule has 0 heterocycles. The number of carboxylic acid groups (broad SMARTS) is 1. The van der Waals surface area contributed by atoms with Crippen LogP contribution in [0.2, 0.25) is 18.6 Å². The van der Waals surface area contributed by atoms with Gasteiger partial charge in [-0.1, -0.05) is 19.8 Å². The minimum Gasteiger partial charge on any atom is -0.478 e. The highest BCUT2D eigenvalue weighted by molar-refractivity contribution is 14.1. The molecule has 0 aliphatic rings. The van der Waals surface area contributed by atoms with Gasteiger partial charge in [-0.05, 0) is 72.8 Å². The predicted molar refractivity (Wildman–Crippen MR) is 109 cm³/mol. The maximum atomic E-state index is 11.9. The molecule has 7 heteroatoms. The first-order chi connectivity index (χ1) is 11.8. The summed E-state index contributed by atoms with van der Waals surface area (Å²) < 4.78 is 11.8. The van der Waals surface area contributed by atoms with E-state index >= 15 is 0 Å². The third-order valence-electron chi connectivity index (χ3n) is 4.23. The molecule has 0 amide bonds. The van der Waals surface area contributed by atoms with Crippen molar-refractivity contribution in [2.45, 2.75) is 58.2 Å². The lowest BCUT2D eigenvalue weighted by atomic mass is 10.2. The molecule has 0 fully saturated rings. The maximum absolute atomic E-state index is 11.9. The van der Waals surface area contributed by atoms with Crippen LogP contribution in [0.15, 0.2) is 18.2 Å². The van der Waals surface area contributed by atoms with Crippen molar-refractivity contribution in [2.24, 2.45) is 0 Å². The van der Waals surface area contributed by atoms with Gasteiger partial charge in [0.15, 0.2) is 8.32 Å². The first kappa shape index (κ1) is 22.1. The van der Waals surface area contributed by atoms with Crippen LogP contribution < -0.4 is 4.74 Å². The van der Waals surface area contributed by atoms with Gasteiger partial charge in [0.1, 0.15) is 5.75 Å². The number of esters is 1. The number of hydrogen-bond acceptors (Lipinski definition) is 4. The lowest BCUT2D eigenvalue weighted by Gasteiger charge is -2.25. The van der Waals surface area contributed by atoms with E-state index in [0.717, 1.165) is 38.0 Å². The molecule has 1 atom stereocenters. The highest BCUT2D eigenvalue weighted by Crippen LogP contribution is 2.22. The molecule has 25 heavy (non-hydrogen) atoms. The third kappa shape index (κ3) is 7.87. The summed E-state index contributed by atoms with van der Waals surface area (Å²) in [6, 6.07) is 6.87. The smallest absolute Gasteiger partial charge is 0.336 e. The predicted octanol–water partition coefficient (Wildman–Crippen LogP) is 5.09. The van der Waals surface area contributed by atoms with Crippen molar-refractivity contribution in [1.82, 2.24) is 0 Å². The van der Waals surface area contributed by atoms with Crippen LogP contribution in [0.4, 0.5) is 0 Å². The fourth-order valence-electron chi connectivity index (χ4n) is 2.56. The van der Waals surface area contributed by atoms with E-state index in [4.69, 9.17) is 14.3 Å². The number of carbonyl (C=O) groups excluding carboxylic acids is 1. The standard InChI is InChI=1S/C18H27IO5Si/c1-4-23-25(3,5-2)12-8-6-7-9-17(20)24-14-10-11-16(19)15(13-14)18(21)22/h10-11,13H,4-9,12H2,1-3H3,(H,21,22). The summed E-state index contributed by atoms with van der Waals surface area (Å²) in [5.41, 5.74) is 0.144. The van der Waals surface area contributed by atoms with Crippen LogP contribution in [0.5, 0.6) is 5.75 Å². The number of halogens is 1. The van der Waals surface area contributed by atoms with Gasteiger partial charge in [-0.2, -0.15) is 0 Å². The van der Waals surface area contributed by atoms with E-state index in [2.05, 4.69) is 13.5 Å². The average Bonchev–Trinajstić information content (AvgIpc) is 2.56. The Bertz CT molecular complexity index is 593. The summed E-state index contributed by atoms with van der Waals surface area (Å²) in [7, 11) is -1.56. The summed E-state index contributed by atoms with van der Waals surface area (Å²) in [4.78, 5) is 23.0. The molecule has 0 spiro atoms. The van der Waals surface area contributed by atoms with Crippen molar-refractivity contribution in [1.29, 1.82) is 0 Å². The van der Waals surface area contributed by atoms with Crippen molar-refractivity contribution in [3.8, 4) is 5.75 Å². The summed E-state index contributed by atoms with van der Waals surface area (Å²) in [6.07, 6.45) is 3.15. The van der Waals surface area contributed by atoms with Crippen LogP contribution in [-0.2, 0) is 9.22 Å². The van der Waals surface area contributed by atoms with E-state index < -0.39 is 14.3 Å². The molecule has 0 saturated carbocycles. The zero-order valence-corrected chi connectivity index (χ0v) is 18.3. The lowest BCUT2D eigenvalue weighted by Crippen LogP contribution is -2.33. The molecule has 1 N–H and O–H groups in total. The Morgan fingerprint density at radius 3 is 2.52 bits per heavy atom. The second kappa shape index (κ2) is 10.9. The summed E-state index contributed by atoms with van der Waals surface area (Å²) in [5.74, 6) is -1.07. The molecular weight excluding hydrogens is 451 g/mol. The van der Waals surface area contributed by atoms with Crippen molar-refractivity contribution in [2.75, 3.05) is 6.61 Å². The number of carbonyl (C=O) groups is 2. The van der Waals surface area contributed by atoms with Gasteiger partial charge >= 0.3 is 11.9 Å². The van der Waals surface area contributed by atoms with Gasteiger partial charge in [-0.3, -0.25) is 4.79 Å². The zero-order chi connectivity index (χ0) is 18.9. The largest absolute Gasteiger partial charge is 0.478 e. The van der Waals surface area contributed by atoms with E-state index in [9.17, 15) is 9.59 Å². The minimum atomic E-state index is -1.56. The Kier molecular flexibility index (Phi) is 9.66. The Morgan fingerprint density at radius 2 is 1.92 bits per heavy atom. The number of unbranched alkanes of at least 4 members (excludes halogenated alkanes) is 2. The fourth-order valence-corrected chi connectivity index (χ4v) is 5.52. The lowest BCUT2D eigenvalue weighted by molar-refractivity contribution is -0.134. The zero-order valence-electron chi connectivity index (χ0n) is 15.1. The van der Waals surface area contributed by atoms with Gasteiger partial charge < -0.3 is 14.3 Å². The van der Waals surface area contributed by atoms with Crippen molar-refractivity contribution in [3.05, 3.63) is 27.3 Å². The minimum absolute atomic E-state index is 0.144. The van der Waals surface area contributed by atoms with Crippen LogP contribution in [0.3, 0.4) is 0 Å². The molecule has 1 aromatic carbocycles. The normalized spacial score (nSPS) is 13.3. The Hall–Kier alpha value is -0.933. The Morgan fingerprint density at radius 1 is 1.20 bits per heavy atom. The van der Waals surface area contributed by atoms with Crippen molar-refractivity contribution < 1.29 is 23.9 Å². The molecule has 1 rings (SSSR count). The molecule has 0 aliphatic heterocycles. The van der Waals surface area contributed by atoms with E-state index in [0.29, 0.717) is 9.99 Å². The van der Waals surface area contributed by atoms with Crippen molar-refractivity contribution in [3.63, 3.8) is 0 Å². The number of benzene rings is 1. The van der Waals surface area contributed by atoms with Gasteiger partial charge in [-0.25, -0.2) is 4.79 Å². The second-order valence-electron chi connectivity index (χ2n) is 6.22. The molecular formula is C18H27IO5Si. The third-order valence-corrected chi connectivity index (χ3v) is 9.06. The molecule has 5 nitrogen and oxygen atoms in total. The van der Waals surface area contributed by atoms with E-state index in [1.807, 2.05) is 29.5 Å². The van der Waals surface area contributed by atoms with Gasteiger partial charge in [0, 0.05) is 16.6 Å². The molecule has 0 aromatic heterocycles. The fraction of sp³-hybridized carbons (Fsp3) is 0.556. The van der Waals surface area contributed by atoms with Gasteiger partial charge in [0.05, 0.1) is 5.56 Å². The van der Waals surface area contributed by atoms with E-state index in [1.54, 1.807) is 12.1 Å². The van der Waals surface area contributed by atoms with Crippen LogP contribution in [0.25, 0.3) is 0 Å². The van der Waals surface area contributed by atoms with E-state index in [1.165, 1.54) is 6.07 Å². The monoisotopic (exact) mass is 478 g/mol. The van der Waals surface area contributed by atoms with Gasteiger partial charge in [0.2, 0.25) is 0 Å². The Labute approximate surface area is 164 Å². The van der Waals surface area contributed by atoms with E-state index in [-0.39, 0.29) is 17.3 Å². The molecule has 0 radical (unpaired) electrons. The topological polar surface area (TPSA) is 72.8 Å². The number of hydrogen-bond donors (Lipinski definition) is 1. The molecule has 0 saturated heterocycles. The Balaban J connectivity index is 2.36. The first-order valence-electron chi connectivity index (χ1n) is 8.68. The average molecular weight is 478 g/mol. The molecule has 0 aliphatic carbocycles. The summed E-state index contributed by atoms with van der Waals surface area (Å²) in [6.45, 7) is 7.27. The quantitative estimate of drug-likeness (QED) is 0.158. The SMILES string of the molecule is CCO[Si](C)(CC)CCCCCC(=O)Oc1ccc(I)c(C(=O)O)c1. The summed E-state index contributed by atoms with van der Waals surface area (Å²) >= 11 is 1.94.